The van der Waals surface area contributed by atoms with Gasteiger partial charge in [0.2, 0.25) is 0 Å². The zero-order chi connectivity index (χ0) is 36.3. The zero-order valence-corrected chi connectivity index (χ0v) is 30.0. The van der Waals surface area contributed by atoms with Crippen molar-refractivity contribution in [2.24, 2.45) is 17.8 Å². The van der Waals surface area contributed by atoms with Crippen LogP contribution in [0.2, 0.25) is 0 Å². The molecule has 11 rings (SSSR count). The minimum atomic E-state index is 0.236. The van der Waals surface area contributed by atoms with E-state index in [1.165, 1.54) is 11.1 Å². The molecule has 7 aromatic rings. The fourth-order valence-corrected chi connectivity index (χ4v) is 8.58. The lowest BCUT2D eigenvalue weighted by atomic mass is 9.78. The van der Waals surface area contributed by atoms with Gasteiger partial charge in [-0.1, -0.05) is 152 Å². The molecule has 3 atom stereocenters. The van der Waals surface area contributed by atoms with Gasteiger partial charge in [-0.05, 0) is 53.0 Å². The molecule has 0 radical (unpaired) electrons. The molecule has 0 amide bonds. The normalized spacial score (nSPS) is 19.7. The lowest BCUT2D eigenvalue weighted by Crippen LogP contribution is -2.16. The van der Waals surface area contributed by atoms with E-state index in [9.17, 15) is 0 Å². The lowest BCUT2D eigenvalue weighted by Gasteiger charge is -2.27. The van der Waals surface area contributed by atoms with E-state index in [-0.39, 0.29) is 5.92 Å². The lowest BCUT2D eigenvalue weighted by molar-refractivity contribution is 0.674. The van der Waals surface area contributed by atoms with Gasteiger partial charge >= 0.3 is 0 Å². The average molecular weight is 706 g/mol. The van der Waals surface area contributed by atoms with E-state index in [0.717, 1.165) is 84.7 Å². The van der Waals surface area contributed by atoms with E-state index < -0.39 is 0 Å². The number of rotatable bonds is 5. The third-order valence-corrected chi connectivity index (χ3v) is 11.3. The van der Waals surface area contributed by atoms with E-state index in [1.807, 2.05) is 24.4 Å². The molecule has 4 aromatic heterocycles. The number of hydrogen-bond acceptors (Lipinski definition) is 4. The van der Waals surface area contributed by atoms with Crippen LogP contribution in [0.3, 0.4) is 0 Å². The minimum Gasteiger partial charge on any atom is -0.284 e. The van der Waals surface area contributed by atoms with E-state index in [0.29, 0.717) is 11.8 Å². The van der Waals surface area contributed by atoms with Crippen molar-refractivity contribution in [2.75, 3.05) is 0 Å². The van der Waals surface area contributed by atoms with Gasteiger partial charge < -0.3 is 0 Å². The third-order valence-electron chi connectivity index (χ3n) is 11.3. The van der Waals surface area contributed by atoms with Gasteiger partial charge in [-0.2, -0.15) is 0 Å². The Labute approximate surface area is 319 Å². The van der Waals surface area contributed by atoms with Crippen molar-refractivity contribution >= 4 is 38.7 Å². The second kappa shape index (κ2) is 12.9. The van der Waals surface area contributed by atoms with Gasteiger partial charge in [0.05, 0.1) is 17.1 Å². The van der Waals surface area contributed by atoms with Gasteiger partial charge in [0.15, 0.2) is 11.5 Å². The van der Waals surface area contributed by atoms with Crippen molar-refractivity contribution < 1.29 is 0 Å². The van der Waals surface area contributed by atoms with Crippen molar-refractivity contribution in [3.8, 4) is 33.6 Å². The number of aromatic nitrogens is 5. The number of nitrogens with zero attached hydrogens (tertiary/aromatic N) is 5. The van der Waals surface area contributed by atoms with Crippen molar-refractivity contribution in [2.45, 2.75) is 6.42 Å². The Morgan fingerprint density at radius 2 is 1.38 bits per heavy atom. The molecule has 0 saturated carbocycles. The molecule has 55 heavy (non-hydrogen) atoms. The predicted molar refractivity (Wildman–Crippen MR) is 225 cm³/mol. The summed E-state index contributed by atoms with van der Waals surface area (Å²) in [5, 5.41) is 2.19. The highest BCUT2D eigenvalue weighted by atomic mass is 15.1. The molecule has 0 bridgehead atoms. The van der Waals surface area contributed by atoms with Crippen molar-refractivity contribution in [1.82, 2.24) is 24.3 Å². The van der Waals surface area contributed by atoms with Gasteiger partial charge in [-0.3, -0.25) is 4.40 Å². The summed E-state index contributed by atoms with van der Waals surface area (Å²) in [6.07, 6.45) is 31.8. The quantitative estimate of drug-likeness (QED) is 0.179. The SMILES string of the molecule is C1=CC2=C(c3nc(C4=CC=C[C@H]5C=CC=CC45)cc(-c4cccc(-c5ccc(-c6nc7c(nc8ccccn87)c7ccccc67)cc5)c4)n3)C=CCC2C=C1. The Balaban J connectivity index is 1.00. The van der Waals surface area contributed by atoms with Crippen molar-refractivity contribution in [1.29, 1.82) is 0 Å². The molecule has 0 N–H and O–H groups in total. The summed E-state index contributed by atoms with van der Waals surface area (Å²) in [5.41, 5.74) is 13.5. The van der Waals surface area contributed by atoms with Crippen LogP contribution in [0.5, 0.6) is 0 Å². The van der Waals surface area contributed by atoms with Gasteiger partial charge in [0, 0.05) is 51.4 Å². The molecule has 3 aromatic carbocycles. The predicted octanol–water partition coefficient (Wildman–Crippen LogP) is 11.6. The standard InChI is InChI=1S/C50H35N5/c1-3-18-38-33(12-1)14-10-22-40(38)45-31-44(51-49(52-45)43-23-11-15-34-13-2-4-19-39(34)43)37-17-9-16-36(30-37)32-25-27-35(28-26-32)47-41-20-5-6-21-42(41)48-50(54-47)55-29-8-7-24-46(55)53-48/h1-14,16-31,33-34,38H,15H2/t33-,34?,38?/m1/s1. The summed E-state index contributed by atoms with van der Waals surface area (Å²) in [5.74, 6) is 1.66. The molecule has 0 aliphatic heterocycles. The Morgan fingerprint density at radius 1 is 0.582 bits per heavy atom. The first-order valence-corrected chi connectivity index (χ1v) is 19.0. The number of allylic oxidation sites excluding steroid dienone is 16. The molecule has 0 spiro atoms. The average Bonchev–Trinajstić information content (AvgIpc) is 3.64. The van der Waals surface area contributed by atoms with Crippen LogP contribution in [-0.2, 0) is 0 Å². The van der Waals surface area contributed by atoms with Crippen LogP contribution in [0.15, 0.2) is 188 Å². The zero-order valence-electron chi connectivity index (χ0n) is 30.0. The Morgan fingerprint density at radius 3 is 2.33 bits per heavy atom. The van der Waals surface area contributed by atoms with E-state index in [1.54, 1.807) is 0 Å². The van der Waals surface area contributed by atoms with Crippen LogP contribution in [0, 0.1) is 17.8 Å². The second-order valence-electron chi connectivity index (χ2n) is 14.6. The molecule has 4 heterocycles. The molecule has 4 aliphatic rings. The van der Waals surface area contributed by atoms with Crippen LogP contribution in [0.1, 0.15) is 17.9 Å². The molecule has 5 heteroatoms. The summed E-state index contributed by atoms with van der Waals surface area (Å²) < 4.78 is 2.07. The molecule has 4 aliphatic carbocycles. The molecule has 0 saturated heterocycles. The highest BCUT2D eigenvalue weighted by molar-refractivity contribution is 6.09. The van der Waals surface area contributed by atoms with Crippen LogP contribution < -0.4 is 0 Å². The molecular weight excluding hydrogens is 671 g/mol. The molecular formula is C50H35N5. The maximum Gasteiger partial charge on any atom is 0.165 e. The maximum absolute atomic E-state index is 5.31. The van der Waals surface area contributed by atoms with Gasteiger partial charge in [-0.15, -0.1) is 0 Å². The van der Waals surface area contributed by atoms with Crippen LogP contribution >= 0.6 is 0 Å². The minimum absolute atomic E-state index is 0.236. The Bertz CT molecular complexity index is 2960. The van der Waals surface area contributed by atoms with Gasteiger partial charge in [0.1, 0.15) is 11.2 Å². The molecule has 2 unspecified atom stereocenters. The summed E-state index contributed by atoms with van der Waals surface area (Å²) in [4.78, 5) is 20.8. The van der Waals surface area contributed by atoms with E-state index in [2.05, 4.69) is 162 Å². The highest BCUT2D eigenvalue weighted by Gasteiger charge is 2.27. The summed E-state index contributed by atoms with van der Waals surface area (Å²) in [7, 11) is 0. The number of pyridine rings is 2. The topological polar surface area (TPSA) is 56.0 Å². The number of benzene rings is 3. The smallest absolute Gasteiger partial charge is 0.165 e. The second-order valence-corrected chi connectivity index (χ2v) is 14.6. The summed E-state index contributed by atoms with van der Waals surface area (Å²) >= 11 is 0. The van der Waals surface area contributed by atoms with Gasteiger partial charge in [0.25, 0.3) is 0 Å². The third kappa shape index (κ3) is 5.39. The van der Waals surface area contributed by atoms with Crippen LogP contribution in [-0.4, -0.2) is 24.3 Å². The fraction of sp³-hybridized carbons (Fsp3) is 0.0800. The first-order valence-electron chi connectivity index (χ1n) is 19.0. The first-order chi connectivity index (χ1) is 27.2. The van der Waals surface area contributed by atoms with Crippen LogP contribution in [0.25, 0.3) is 72.4 Å². The summed E-state index contributed by atoms with van der Waals surface area (Å²) in [6.45, 7) is 0. The van der Waals surface area contributed by atoms with Gasteiger partial charge in [-0.25, -0.2) is 19.9 Å². The molecule has 260 valence electrons. The first kappa shape index (κ1) is 31.5. The largest absolute Gasteiger partial charge is 0.284 e. The number of hydrogen-bond donors (Lipinski definition) is 0. The fourth-order valence-electron chi connectivity index (χ4n) is 8.58. The van der Waals surface area contributed by atoms with Crippen molar-refractivity contribution in [3.05, 3.63) is 199 Å². The number of imidazole rings is 1. The summed E-state index contributed by atoms with van der Waals surface area (Å²) in [6, 6.07) is 34.2. The van der Waals surface area contributed by atoms with E-state index >= 15 is 0 Å². The Hall–Kier alpha value is -6.98. The molecule has 0 fully saturated rings. The monoisotopic (exact) mass is 705 g/mol. The molecule has 5 nitrogen and oxygen atoms in total. The van der Waals surface area contributed by atoms with E-state index in [4.69, 9.17) is 19.9 Å². The number of fused-ring (bicyclic) bond motifs is 7. The Kier molecular flexibility index (Phi) is 7.37. The van der Waals surface area contributed by atoms with Crippen molar-refractivity contribution in [3.63, 3.8) is 0 Å². The van der Waals surface area contributed by atoms with Crippen LogP contribution in [0.4, 0.5) is 0 Å². The highest BCUT2D eigenvalue weighted by Crippen LogP contribution is 2.40. The maximum atomic E-state index is 5.31.